The van der Waals surface area contributed by atoms with Gasteiger partial charge in [-0.15, -0.1) is 5.10 Å². The van der Waals surface area contributed by atoms with Gasteiger partial charge in [-0.05, 0) is 48.5 Å². The van der Waals surface area contributed by atoms with Gasteiger partial charge in [-0.2, -0.15) is 4.98 Å². The van der Waals surface area contributed by atoms with Gasteiger partial charge in [-0.25, -0.2) is 4.68 Å². The van der Waals surface area contributed by atoms with Gasteiger partial charge in [0, 0.05) is 31.0 Å². The van der Waals surface area contributed by atoms with Crippen molar-refractivity contribution >= 4 is 5.95 Å². The van der Waals surface area contributed by atoms with Crippen LogP contribution in [0.25, 0.3) is 0 Å². The lowest BCUT2D eigenvalue weighted by atomic mass is 9.80. The summed E-state index contributed by atoms with van der Waals surface area (Å²) in [5.74, 6) is 1.58. The van der Waals surface area contributed by atoms with Crippen molar-refractivity contribution in [3.63, 3.8) is 0 Å². The highest BCUT2D eigenvalue weighted by molar-refractivity contribution is 5.17. The van der Waals surface area contributed by atoms with Crippen molar-refractivity contribution in [1.82, 2.24) is 19.7 Å². The summed E-state index contributed by atoms with van der Waals surface area (Å²) in [6, 6.07) is 0. The van der Waals surface area contributed by atoms with Crippen LogP contribution < -0.4 is 5.73 Å². The molecular weight excluding hydrogens is 278 g/mol. The topological polar surface area (TPSA) is 80.2 Å². The Kier molecular flexibility index (Phi) is 4.07. The number of nitrogens with zero attached hydrogens (tertiary/aromatic N) is 4. The molecule has 126 valence electrons. The molecule has 0 atom stereocenters. The fraction of sp³-hybridized carbons (Fsp3) is 0.875. The molecule has 3 N–H and O–H groups in total. The molecule has 0 aliphatic carbocycles. The zero-order valence-electron chi connectivity index (χ0n) is 15.0. The monoisotopic (exact) mass is 309 g/mol. The number of hydrogen-bond acceptors (Lipinski definition) is 5. The van der Waals surface area contributed by atoms with Gasteiger partial charge in [0.1, 0.15) is 5.82 Å². The van der Waals surface area contributed by atoms with E-state index in [2.05, 4.69) is 49.6 Å². The van der Waals surface area contributed by atoms with E-state index in [1.165, 1.54) is 0 Å². The van der Waals surface area contributed by atoms with Crippen molar-refractivity contribution in [2.45, 2.75) is 71.6 Å². The molecule has 1 aromatic rings. The van der Waals surface area contributed by atoms with Crippen LogP contribution in [-0.4, -0.2) is 49.0 Å². The quantitative estimate of drug-likeness (QED) is 0.884. The van der Waals surface area contributed by atoms with Crippen molar-refractivity contribution in [3.8, 4) is 0 Å². The highest BCUT2D eigenvalue weighted by Crippen LogP contribution is 2.34. The molecular formula is C16H31N5O. The van der Waals surface area contributed by atoms with Gasteiger partial charge in [0.05, 0.1) is 11.1 Å². The maximum Gasteiger partial charge on any atom is 0.239 e. The highest BCUT2D eigenvalue weighted by atomic mass is 16.3. The van der Waals surface area contributed by atoms with E-state index in [4.69, 9.17) is 5.73 Å². The summed E-state index contributed by atoms with van der Waals surface area (Å²) in [7, 11) is 0. The minimum atomic E-state index is -0.609. The zero-order chi connectivity index (χ0) is 16.9. The number of anilines is 1. The first-order valence-electron chi connectivity index (χ1n) is 8.00. The summed E-state index contributed by atoms with van der Waals surface area (Å²) < 4.78 is 1.93. The standard InChI is InChI=1S/C16H31N5O/c1-14(2,3)21-12(18-13(17)19-21)8-15(4,5)20-9-11(10-20)16(6,7)22/h11,22H,8-10H2,1-7H3,(H2,17,19). The van der Waals surface area contributed by atoms with Crippen molar-refractivity contribution in [1.29, 1.82) is 0 Å². The van der Waals surface area contributed by atoms with Gasteiger partial charge < -0.3 is 10.8 Å². The minimum Gasteiger partial charge on any atom is -0.390 e. The summed E-state index contributed by atoms with van der Waals surface area (Å²) in [5, 5.41) is 14.4. The van der Waals surface area contributed by atoms with Crippen LogP contribution in [0.5, 0.6) is 0 Å². The predicted octanol–water partition coefficient (Wildman–Crippen LogP) is 1.64. The van der Waals surface area contributed by atoms with E-state index in [0.717, 1.165) is 25.3 Å². The fourth-order valence-corrected chi connectivity index (χ4v) is 2.93. The van der Waals surface area contributed by atoms with E-state index in [-0.39, 0.29) is 11.1 Å². The van der Waals surface area contributed by atoms with Gasteiger partial charge in [-0.1, -0.05) is 0 Å². The zero-order valence-corrected chi connectivity index (χ0v) is 15.0. The maximum absolute atomic E-state index is 10.1. The van der Waals surface area contributed by atoms with Crippen LogP contribution in [0, 0.1) is 5.92 Å². The molecule has 22 heavy (non-hydrogen) atoms. The van der Waals surface area contributed by atoms with Crippen LogP contribution in [0.2, 0.25) is 0 Å². The maximum atomic E-state index is 10.1. The molecule has 0 amide bonds. The van der Waals surface area contributed by atoms with Crippen molar-refractivity contribution < 1.29 is 5.11 Å². The number of likely N-dealkylation sites (tertiary alicyclic amines) is 1. The molecule has 6 heteroatoms. The Morgan fingerprint density at radius 1 is 1.14 bits per heavy atom. The first-order valence-corrected chi connectivity index (χ1v) is 8.00. The molecule has 0 radical (unpaired) electrons. The van der Waals surface area contributed by atoms with Crippen LogP contribution in [0.3, 0.4) is 0 Å². The number of aliphatic hydroxyl groups is 1. The predicted molar refractivity (Wildman–Crippen MR) is 88.6 cm³/mol. The Morgan fingerprint density at radius 2 is 1.68 bits per heavy atom. The Balaban J connectivity index is 2.11. The number of nitrogen functional groups attached to an aromatic ring is 1. The molecule has 6 nitrogen and oxygen atoms in total. The smallest absolute Gasteiger partial charge is 0.239 e. The van der Waals surface area contributed by atoms with Gasteiger partial charge in [0.25, 0.3) is 0 Å². The van der Waals surface area contributed by atoms with Crippen LogP contribution >= 0.6 is 0 Å². The van der Waals surface area contributed by atoms with Crippen LogP contribution in [-0.2, 0) is 12.0 Å². The summed E-state index contributed by atoms with van der Waals surface area (Å²) in [6.07, 6.45) is 0.785. The number of nitrogens with two attached hydrogens (primary N) is 1. The van der Waals surface area contributed by atoms with E-state index in [0.29, 0.717) is 11.9 Å². The third-order valence-electron chi connectivity index (χ3n) is 4.65. The lowest BCUT2D eigenvalue weighted by Crippen LogP contribution is -2.63. The minimum absolute atomic E-state index is 0.0375. The second-order valence-corrected chi connectivity index (χ2v) is 8.71. The van der Waals surface area contributed by atoms with Gasteiger partial charge in [0.2, 0.25) is 5.95 Å². The Morgan fingerprint density at radius 3 is 2.14 bits per heavy atom. The number of aromatic nitrogens is 3. The molecule has 0 saturated carbocycles. The van der Waals surface area contributed by atoms with Gasteiger partial charge in [0.15, 0.2) is 0 Å². The molecule has 1 fully saturated rings. The van der Waals surface area contributed by atoms with Crippen LogP contribution in [0.1, 0.15) is 54.3 Å². The first-order chi connectivity index (χ1) is 9.80. The third-order valence-corrected chi connectivity index (χ3v) is 4.65. The average Bonchev–Trinajstić information content (AvgIpc) is 2.51. The van der Waals surface area contributed by atoms with Crippen molar-refractivity contribution in [2.75, 3.05) is 18.8 Å². The first kappa shape index (κ1) is 17.2. The van der Waals surface area contributed by atoms with Crippen molar-refractivity contribution in [2.24, 2.45) is 5.92 Å². The van der Waals surface area contributed by atoms with Crippen LogP contribution in [0.4, 0.5) is 5.95 Å². The molecule has 1 aromatic heterocycles. The fourth-order valence-electron chi connectivity index (χ4n) is 2.93. The summed E-state index contributed by atoms with van der Waals surface area (Å²) >= 11 is 0. The van der Waals surface area contributed by atoms with E-state index in [1.54, 1.807) is 0 Å². The molecule has 2 rings (SSSR count). The second kappa shape index (κ2) is 5.20. The van der Waals surface area contributed by atoms with Gasteiger partial charge in [-0.3, -0.25) is 4.90 Å². The second-order valence-electron chi connectivity index (χ2n) is 8.71. The molecule has 0 spiro atoms. The Bertz CT molecular complexity index is 530. The average molecular weight is 309 g/mol. The molecule has 0 aromatic carbocycles. The Hall–Kier alpha value is -1.14. The number of hydrogen-bond donors (Lipinski definition) is 2. The Labute approximate surface area is 133 Å². The molecule has 1 saturated heterocycles. The molecule has 2 heterocycles. The van der Waals surface area contributed by atoms with E-state index in [1.807, 2.05) is 18.5 Å². The van der Waals surface area contributed by atoms with Crippen LogP contribution in [0.15, 0.2) is 0 Å². The van der Waals surface area contributed by atoms with E-state index < -0.39 is 5.60 Å². The lowest BCUT2D eigenvalue weighted by molar-refractivity contribution is -0.0958. The number of rotatable bonds is 4. The SMILES string of the molecule is CC(C)(O)C1CN(C(C)(C)Cc2nc(N)nn2C(C)(C)C)C1. The summed E-state index contributed by atoms with van der Waals surface area (Å²) in [5.41, 5.74) is 5.02. The lowest BCUT2D eigenvalue weighted by Gasteiger charge is -2.52. The normalized spacial score (nSPS) is 18.5. The summed E-state index contributed by atoms with van der Waals surface area (Å²) in [4.78, 5) is 6.82. The molecule has 1 aliphatic heterocycles. The summed E-state index contributed by atoms with van der Waals surface area (Å²) in [6.45, 7) is 16.3. The van der Waals surface area contributed by atoms with E-state index in [9.17, 15) is 5.11 Å². The van der Waals surface area contributed by atoms with Gasteiger partial charge >= 0.3 is 0 Å². The van der Waals surface area contributed by atoms with Crippen molar-refractivity contribution in [3.05, 3.63) is 5.82 Å². The third kappa shape index (κ3) is 3.43. The highest BCUT2D eigenvalue weighted by Gasteiger charge is 2.44. The largest absolute Gasteiger partial charge is 0.390 e. The molecule has 0 bridgehead atoms. The van der Waals surface area contributed by atoms with E-state index >= 15 is 0 Å². The molecule has 1 aliphatic rings. The molecule has 0 unspecified atom stereocenters.